The molecule has 1 atom stereocenters. The number of piperidine rings is 1. The van der Waals surface area contributed by atoms with E-state index in [1.807, 2.05) is 53.2 Å². The van der Waals surface area contributed by atoms with E-state index < -0.39 is 0 Å². The van der Waals surface area contributed by atoms with Crippen molar-refractivity contribution in [2.75, 3.05) is 13.1 Å². The van der Waals surface area contributed by atoms with Crippen LogP contribution in [-0.2, 0) is 7.05 Å². The quantitative estimate of drug-likeness (QED) is 0.795. The van der Waals surface area contributed by atoms with Crippen LogP contribution in [-0.4, -0.2) is 48.9 Å². The first kappa shape index (κ1) is 15.6. The number of benzene rings is 1. The van der Waals surface area contributed by atoms with Crippen molar-refractivity contribution in [2.24, 2.45) is 7.05 Å². The predicted octanol–water partition coefficient (Wildman–Crippen LogP) is 2.23. The fourth-order valence-corrected chi connectivity index (χ4v) is 3.49. The van der Waals surface area contributed by atoms with Crippen molar-refractivity contribution in [3.8, 4) is 11.4 Å². The highest BCUT2D eigenvalue weighted by molar-refractivity contribution is 5.94. The Balaban J connectivity index is 1.49. The van der Waals surface area contributed by atoms with Gasteiger partial charge in [0.2, 0.25) is 0 Å². The highest BCUT2D eigenvalue weighted by Crippen LogP contribution is 2.27. The number of hydrogen-bond donors (Lipinski definition) is 1. The molecule has 3 aromatic rings. The third-order valence-corrected chi connectivity index (χ3v) is 4.81. The summed E-state index contributed by atoms with van der Waals surface area (Å²) in [4.78, 5) is 18.9. The van der Waals surface area contributed by atoms with Crippen LogP contribution in [0.1, 0.15) is 34.8 Å². The molecule has 1 aliphatic heterocycles. The Morgan fingerprint density at radius 2 is 2.08 bits per heavy atom. The smallest absolute Gasteiger partial charge is 0.253 e. The fourth-order valence-electron chi connectivity index (χ4n) is 3.49. The van der Waals surface area contributed by atoms with Gasteiger partial charge in [0, 0.05) is 49.1 Å². The third-order valence-electron chi connectivity index (χ3n) is 4.81. The van der Waals surface area contributed by atoms with Gasteiger partial charge in [-0.15, -0.1) is 0 Å². The summed E-state index contributed by atoms with van der Waals surface area (Å²) < 4.78 is 1.91. The Morgan fingerprint density at radius 1 is 1.24 bits per heavy atom. The van der Waals surface area contributed by atoms with Gasteiger partial charge in [0.05, 0.1) is 0 Å². The lowest BCUT2D eigenvalue weighted by Gasteiger charge is -2.33. The van der Waals surface area contributed by atoms with Crippen LogP contribution in [0, 0.1) is 0 Å². The number of carbonyl (C=O) groups excluding carboxylic acids is 1. The van der Waals surface area contributed by atoms with Crippen LogP contribution in [0.3, 0.4) is 0 Å². The van der Waals surface area contributed by atoms with E-state index in [1.165, 1.54) is 12.0 Å². The van der Waals surface area contributed by atoms with Crippen molar-refractivity contribution >= 4 is 5.91 Å². The molecule has 4 rings (SSSR count). The summed E-state index contributed by atoms with van der Waals surface area (Å²) in [5.74, 6) is 1.13. The molecule has 7 nitrogen and oxygen atoms in total. The van der Waals surface area contributed by atoms with Crippen molar-refractivity contribution in [1.29, 1.82) is 0 Å². The molecular formula is C18H20N6O. The zero-order valence-electron chi connectivity index (χ0n) is 14.1. The molecule has 0 bridgehead atoms. The SMILES string of the molecule is Cn1nccc1C1CCCN(C(=O)c2ccc(-c3ncn[nH]3)cc2)C1. The summed E-state index contributed by atoms with van der Waals surface area (Å²) >= 11 is 0. The number of carbonyl (C=O) groups is 1. The van der Waals surface area contributed by atoms with Crippen LogP contribution in [0.15, 0.2) is 42.9 Å². The number of H-pyrrole nitrogens is 1. The van der Waals surface area contributed by atoms with E-state index in [2.05, 4.69) is 20.3 Å². The molecule has 1 fully saturated rings. The van der Waals surface area contributed by atoms with Gasteiger partial charge in [-0.05, 0) is 31.0 Å². The van der Waals surface area contributed by atoms with Gasteiger partial charge in [-0.2, -0.15) is 10.2 Å². The maximum atomic E-state index is 12.9. The van der Waals surface area contributed by atoms with Gasteiger partial charge in [-0.25, -0.2) is 4.98 Å². The number of aryl methyl sites for hydroxylation is 1. The summed E-state index contributed by atoms with van der Waals surface area (Å²) in [6.45, 7) is 1.54. The van der Waals surface area contributed by atoms with Gasteiger partial charge in [-0.3, -0.25) is 14.6 Å². The number of aromatic amines is 1. The van der Waals surface area contributed by atoms with Crippen molar-refractivity contribution in [2.45, 2.75) is 18.8 Å². The van der Waals surface area contributed by atoms with Crippen molar-refractivity contribution in [3.63, 3.8) is 0 Å². The lowest BCUT2D eigenvalue weighted by atomic mass is 9.94. The van der Waals surface area contributed by atoms with Crippen LogP contribution in [0.5, 0.6) is 0 Å². The maximum absolute atomic E-state index is 12.9. The molecule has 3 heterocycles. The molecule has 0 radical (unpaired) electrons. The maximum Gasteiger partial charge on any atom is 0.253 e. The van der Waals surface area contributed by atoms with Crippen LogP contribution in [0.2, 0.25) is 0 Å². The van der Waals surface area contributed by atoms with Crippen LogP contribution in [0.25, 0.3) is 11.4 Å². The fraction of sp³-hybridized carbons (Fsp3) is 0.333. The van der Waals surface area contributed by atoms with Crippen LogP contribution in [0.4, 0.5) is 0 Å². The Hall–Kier alpha value is -2.96. The second-order valence-electron chi connectivity index (χ2n) is 6.38. The molecule has 2 aromatic heterocycles. The largest absolute Gasteiger partial charge is 0.338 e. The number of rotatable bonds is 3. The van der Waals surface area contributed by atoms with E-state index in [0.717, 1.165) is 31.5 Å². The Morgan fingerprint density at radius 3 is 2.76 bits per heavy atom. The monoisotopic (exact) mass is 336 g/mol. The highest BCUT2D eigenvalue weighted by atomic mass is 16.2. The van der Waals surface area contributed by atoms with Crippen molar-refractivity contribution < 1.29 is 4.79 Å². The Kier molecular flexibility index (Phi) is 4.05. The first-order valence-corrected chi connectivity index (χ1v) is 8.45. The van der Waals surface area contributed by atoms with Crippen molar-refractivity contribution in [3.05, 3.63) is 54.1 Å². The van der Waals surface area contributed by atoms with Crippen LogP contribution < -0.4 is 0 Å². The van der Waals surface area contributed by atoms with Gasteiger partial charge in [0.15, 0.2) is 5.82 Å². The first-order chi connectivity index (χ1) is 12.2. The zero-order valence-corrected chi connectivity index (χ0v) is 14.1. The Bertz CT molecular complexity index is 852. The molecule has 1 N–H and O–H groups in total. The molecule has 1 aromatic carbocycles. The lowest BCUT2D eigenvalue weighted by Crippen LogP contribution is -2.39. The van der Waals surface area contributed by atoms with E-state index in [0.29, 0.717) is 17.3 Å². The van der Waals surface area contributed by atoms with E-state index in [1.54, 1.807) is 0 Å². The van der Waals surface area contributed by atoms with E-state index in [9.17, 15) is 4.79 Å². The average molecular weight is 336 g/mol. The Labute approximate surface area is 145 Å². The molecule has 1 amide bonds. The molecular weight excluding hydrogens is 316 g/mol. The number of nitrogens with one attached hydrogen (secondary N) is 1. The molecule has 25 heavy (non-hydrogen) atoms. The van der Waals surface area contributed by atoms with Crippen LogP contribution >= 0.6 is 0 Å². The summed E-state index contributed by atoms with van der Waals surface area (Å²) in [5, 5.41) is 10.9. The number of likely N-dealkylation sites (tertiary alicyclic amines) is 1. The van der Waals surface area contributed by atoms with Gasteiger partial charge in [0.25, 0.3) is 5.91 Å². The molecule has 1 aliphatic rings. The molecule has 0 aliphatic carbocycles. The zero-order chi connectivity index (χ0) is 17.2. The van der Waals surface area contributed by atoms with E-state index in [4.69, 9.17) is 0 Å². The molecule has 0 spiro atoms. The number of hydrogen-bond acceptors (Lipinski definition) is 4. The number of nitrogens with zero attached hydrogens (tertiary/aromatic N) is 5. The highest BCUT2D eigenvalue weighted by Gasteiger charge is 2.27. The standard InChI is InChI=1S/C18H20N6O/c1-23-16(8-9-21-23)15-3-2-10-24(11-15)18(25)14-6-4-13(5-7-14)17-19-12-20-22-17/h4-9,12,15H,2-3,10-11H2,1H3,(H,19,20,22). The van der Waals surface area contributed by atoms with Gasteiger partial charge >= 0.3 is 0 Å². The average Bonchev–Trinajstić information content (AvgIpc) is 3.33. The van der Waals surface area contributed by atoms with Crippen molar-refractivity contribution in [1.82, 2.24) is 29.9 Å². The topological polar surface area (TPSA) is 79.7 Å². The van der Waals surface area contributed by atoms with Gasteiger partial charge in [0.1, 0.15) is 6.33 Å². The summed E-state index contributed by atoms with van der Waals surface area (Å²) in [6.07, 6.45) is 5.39. The number of amides is 1. The van der Waals surface area contributed by atoms with Gasteiger partial charge in [-0.1, -0.05) is 12.1 Å². The molecule has 0 saturated carbocycles. The predicted molar refractivity (Wildman–Crippen MR) is 92.9 cm³/mol. The summed E-state index contributed by atoms with van der Waals surface area (Å²) in [6, 6.07) is 9.55. The second kappa shape index (κ2) is 6.51. The summed E-state index contributed by atoms with van der Waals surface area (Å²) in [7, 11) is 1.96. The lowest BCUT2D eigenvalue weighted by molar-refractivity contribution is 0.0704. The van der Waals surface area contributed by atoms with Gasteiger partial charge < -0.3 is 4.90 Å². The number of aromatic nitrogens is 5. The van der Waals surface area contributed by atoms with E-state index in [-0.39, 0.29) is 5.91 Å². The third kappa shape index (κ3) is 3.05. The molecule has 1 unspecified atom stereocenters. The van der Waals surface area contributed by atoms with E-state index >= 15 is 0 Å². The normalized spacial score (nSPS) is 17.6. The minimum absolute atomic E-state index is 0.0796. The summed E-state index contributed by atoms with van der Waals surface area (Å²) in [5.41, 5.74) is 2.81. The first-order valence-electron chi connectivity index (χ1n) is 8.45. The molecule has 128 valence electrons. The second-order valence-corrected chi connectivity index (χ2v) is 6.38. The molecule has 1 saturated heterocycles. The minimum atomic E-state index is 0.0796. The molecule has 7 heteroatoms. The minimum Gasteiger partial charge on any atom is -0.338 e.